The van der Waals surface area contributed by atoms with Gasteiger partial charge in [0.15, 0.2) is 0 Å². The van der Waals surface area contributed by atoms with Crippen LogP contribution in [0.15, 0.2) is 47.5 Å². The third-order valence-electron chi connectivity index (χ3n) is 2.15. The Labute approximate surface area is 98.5 Å². The molecular formula is C12H10ClNS. The van der Waals surface area contributed by atoms with E-state index in [-0.39, 0.29) is 0 Å². The lowest BCUT2D eigenvalue weighted by molar-refractivity contribution is 1.24. The maximum atomic E-state index is 6.05. The van der Waals surface area contributed by atoms with Crippen molar-refractivity contribution in [2.24, 2.45) is 0 Å². The van der Waals surface area contributed by atoms with Crippen molar-refractivity contribution in [2.75, 3.05) is 6.26 Å². The molecule has 1 aromatic carbocycles. The second-order valence-electron chi connectivity index (χ2n) is 3.05. The molecule has 15 heavy (non-hydrogen) atoms. The smallest absolute Gasteiger partial charge is 0.143 e. The number of thioether (sulfide) groups is 1. The molecule has 2 rings (SSSR count). The van der Waals surface area contributed by atoms with Gasteiger partial charge in [-0.2, -0.15) is 0 Å². The Balaban J connectivity index is 2.58. The summed E-state index contributed by atoms with van der Waals surface area (Å²) in [5.74, 6) is 0. The summed E-state index contributed by atoms with van der Waals surface area (Å²) in [6.07, 6.45) is 3.75. The van der Waals surface area contributed by atoms with Gasteiger partial charge in [0.2, 0.25) is 0 Å². The van der Waals surface area contributed by atoms with Gasteiger partial charge in [-0.05, 0) is 23.4 Å². The van der Waals surface area contributed by atoms with Crippen LogP contribution in [0.4, 0.5) is 0 Å². The standard InChI is InChI=1S/C12H10ClNS/c1-15-11-10(7-8-14-12(11)13)9-5-3-2-4-6-9/h2-8H,1H3. The van der Waals surface area contributed by atoms with Crippen molar-refractivity contribution in [3.8, 4) is 11.1 Å². The number of rotatable bonds is 2. The first-order valence-corrected chi connectivity index (χ1v) is 6.17. The van der Waals surface area contributed by atoms with Crippen LogP contribution in [0.5, 0.6) is 0 Å². The zero-order valence-electron chi connectivity index (χ0n) is 8.27. The Morgan fingerprint density at radius 2 is 1.87 bits per heavy atom. The molecule has 0 aliphatic heterocycles. The van der Waals surface area contributed by atoms with Crippen molar-refractivity contribution < 1.29 is 0 Å². The summed E-state index contributed by atoms with van der Waals surface area (Å²) in [6.45, 7) is 0. The number of aromatic nitrogens is 1. The van der Waals surface area contributed by atoms with Crippen molar-refractivity contribution in [1.29, 1.82) is 0 Å². The van der Waals surface area contributed by atoms with Gasteiger partial charge in [0.25, 0.3) is 0 Å². The fourth-order valence-electron chi connectivity index (χ4n) is 1.46. The molecule has 0 unspecified atom stereocenters. The van der Waals surface area contributed by atoms with Gasteiger partial charge in [0, 0.05) is 6.20 Å². The lowest BCUT2D eigenvalue weighted by atomic mass is 10.1. The number of hydrogen-bond acceptors (Lipinski definition) is 2. The highest BCUT2D eigenvalue weighted by atomic mass is 35.5. The quantitative estimate of drug-likeness (QED) is 0.574. The first kappa shape index (κ1) is 10.5. The normalized spacial score (nSPS) is 10.3. The van der Waals surface area contributed by atoms with E-state index in [0.29, 0.717) is 5.15 Å². The van der Waals surface area contributed by atoms with E-state index in [2.05, 4.69) is 17.1 Å². The zero-order valence-corrected chi connectivity index (χ0v) is 9.85. The summed E-state index contributed by atoms with van der Waals surface area (Å²) in [4.78, 5) is 5.11. The second-order valence-corrected chi connectivity index (χ2v) is 4.22. The van der Waals surface area contributed by atoms with Gasteiger partial charge in [-0.1, -0.05) is 41.9 Å². The molecule has 0 bridgehead atoms. The third kappa shape index (κ3) is 2.16. The molecule has 0 atom stereocenters. The molecular weight excluding hydrogens is 226 g/mol. The van der Waals surface area contributed by atoms with Gasteiger partial charge in [-0.15, -0.1) is 11.8 Å². The van der Waals surface area contributed by atoms with E-state index in [9.17, 15) is 0 Å². The molecule has 2 aromatic rings. The van der Waals surface area contributed by atoms with Crippen LogP contribution in [-0.2, 0) is 0 Å². The molecule has 3 heteroatoms. The number of pyridine rings is 1. The summed E-state index contributed by atoms with van der Waals surface area (Å²) >= 11 is 7.67. The number of hydrogen-bond donors (Lipinski definition) is 0. The maximum Gasteiger partial charge on any atom is 0.143 e. The van der Waals surface area contributed by atoms with Gasteiger partial charge in [0.1, 0.15) is 5.15 Å². The van der Waals surface area contributed by atoms with E-state index in [1.165, 1.54) is 5.56 Å². The van der Waals surface area contributed by atoms with Crippen LogP contribution in [0.3, 0.4) is 0 Å². The average molecular weight is 236 g/mol. The van der Waals surface area contributed by atoms with E-state index in [1.54, 1.807) is 18.0 Å². The lowest BCUT2D eigenvalue weighted by Crippen LogP contribution is -1.85. The van der Waals surface area contributed by atoms with E-state index in [0.717, 1.165) is 10.5 Å². The second kappa shape index (κ2) is 4.69. The van der Waals surface area contributed by atoms with Crippen LogP contribution in [0, 0.1) is 0 Å². The number of nitrogens with zero attached hydrogens (tertiary/aromatic N) is 1. The molecule has 0 fully saturated rings. The van der Waals surface area contributed by atoms with Crippen molar-refractivity contribution in [3.63, 3.8) is 0 Å². The SMILES string of the molecule is CSc1c(-c2ccccc2)ccnc1Cl. The van der Waals surface area contributed by atoms with Crippen LogP contribution in [0.25, 0.3) is 11.1 Å². The highest BCUT2D eigenvalue weighted by Crippen LogP contribution is 2.33. The van der Waals surface area contributed by atoms with E-state index >= 15 is 0 Å². The van der Waals surface area contributed by atoms with Gasteiger partial charge in [-0.3, -0.25) is 0 Å². The fraction of sp³-hybridized carbons (Fsp3) is 0.0833. The minimum Gasteiger partial charge on any atom is -0.243 e. The molecule has 76 valence electrons. The largest absolute Gasteiger partial charge is 0.243 e. The molecule has 0 N–H and O–H groups in total. The van der Waals surface area contributed by atoms with Crippen LogP contribution in [-0.4, -0.2) is 11.2 Å². The predicted octanol–water partition coefficient (Wildman–Crippen LogP) is 4.12. The Kier molecular flexibility index (Phi) is 3.29. The van der Waals surface area contributed by atoms with Gasteiger partial charge >= 0.3 is 0 Å². The van der Waals surface area contributed by atoms with Crippen LogP contribution in [0.2, 0.25) is 5.15 Å². The Morgan fingerprint density at radius 1 is 1.13 bits per heavy atom. The molecule has 0 spiro atoms. The molecule has 1 heterocycles. The minimum atomic E-state index is 0.573. The monoisotopic (exact) mass is 235 g/mol. The molecule has 0 saturated heterocycles. The van der Waals surface area contributed by atoms with Gasteiger partial charge < -0.3 is 0 Å². The predicted molar refractivity (Wildman–Crippen MR) is 66.5 cm³/mol. The number of halogens is 1. The maximum absolute atomic E-state index is 6.05. The fourth-order valence-corrected chi connectivity index (χ4v) is 2.48. The Bertz CT molecular complexity index is 456. The zero-order chi connectivity index (χ0) is 10.7. The van der Waals surface area contributed by atoms with Crippen molar-refractivity contribution in [2.45, 2.75) is 4.90 Å². The van der Waals surface area contributed by atoms with E-state index in [4.69, 9.17) is 11.6 Å². The van der Waals surface area contributed by atoms with Crippen LogP contribution >= 0.6 is 23.4 Å². The van der Waals surface area contributed by atoms with Crippen molar-refractivity contribution in [1.82, 2.24) is 4.98 Å². The first-order valence-electron chi connectivity index (χ1n) is 4.57. The Morgan fingerprint density at radius 3 is 2.53 bits per heavy atom. The molecule has 0 amide bonds. The van der Waals surface area contributed by atoms with Gasteiger partial charge in [-0.25, -0.2) is 4.98 Å². The highest BCUT2D eigenvalue weighted by molar-refractivity contribution is 7.98. The van der Waals surface area contributed by atoms with Crippen LogP contribution < -0.4 is 0 Å². The first-order chi connectivity index (χ1) is 7.33. The highest BCUT2D eigenvalue weighted by Gasteiger charge is 2.08. The summed E-state index contributed by atoms with van der Waals surface area (Å²) in [5.41, 5.74) is 2.31. The molecule has 1 nitrogen and oxygen atoms in total. The lowest BCUT2D eigenvalue weighted by Gasteiger charge is -2.07. The molecule has 1 aromatic heterocycles. The average Bonchev–Trinajstić information content (AvgIpc) is 2.30. The minimum absolute atomic E-state index is 0.573. The van der Waals surface area contributed by atoms with Crippen LogP contribution in [0.1, 0.15) is 0 Å². The van der Waals surface area contributed by atoms with Crippen molar-refractivity contribution in [3.05, 3.63) is 47.7 Å². The number of benzene rings is 1. The Hall–Kier alpha value is -0.990. The van der Waals surface area contributed by atoms with E-state index < -0.39 is 0 Å². The summed E-state index contributed by atoms with van der Waals surface area (Å²) in [5, 5.41) is 0.573. The summed E-state index contributed by atoms with van der Waals surface area (Å²) in [7, 11) is 0. The third-order valence-corrected chi connectivity index (χ3v) is 3.37. The summed E-state index contributed by atoms with van der Waals surface area (Å²) in [6, 6.07) is 12.2. The molecule has 0 saturated carbocycles. The van der Waals surface area contributed by atoms with Crippen molar-refractivity contribution >= 4 is 23.4 Å². The molecule has 0 aliphatic rings. The topological polar surface area (TPSA) is 12.9 Å². The van der Waals surface area contributed by atoms with Gasteiger partial charge in [0.05, 0.1) is 4.90 Å². The van der Waals surface area contributed by atoms with E-state index in [1.807, 2.05) is 30.5 Å². The summed E-state index contributed by atoms with van der Waals surface area (Å²) < 4.78 is 0. The molecule has 0 radical (unpaired) electrons. The molecule has 0 aliphatic carbocycles.